The highest BCUT2D eigenvalue weighted by atomic mass is 79.9. The lowest BCUT2D eigenvalue weighted by Crippen LogP contribution is -2.09. The van der Waals surface area contributed by atoms with Crippen LogP contribution in [-0.2, 0) is 19.3 Å². The van der Waals surface area contributed by atoms with Gasteiger partial charge in [0.25, 0.3) is 0 Å². The van der Waals surface area contributed by atoms with Crippen LogP contribution in [0.2, 0.25) is 0 Å². The number of hydrogen-bond acceptors (Lipinski definition) is 2. The number of halogens is 4. The van der Waals surface area contributed by atoms with Crippen molar-refractivity contribution in [2.45, 2.75) is 33.1 Å². The number of nitrogens with one attached hydrogen (secondary N) is 1. The highest BCUT2D eigenvalue weighted by molar-refractivity contribution is 9.10. The van der Waals surface area contributed by atoms with Gasteiger partial charge < -0.3 is 5.32 Å². The summed E-state index contributed by atoms with van der Waals surface area (Å²) < 4.78 is 40.5. The smallest absolute Gasteiger partial charge is 0.379 e. The topological polar surface area (TPSA) is 29.9 Å². The van der Waals surface area contributed by atoms with Crippen LogP contribution in [0.25, 0.3) is 0 Å². The molecule has 0 aliphatic rings. The largest absolute Gasteiger partial charge is 0.416 e. The Morgan fingerprint density at radius 3 is 2.57 bits per heavy atom. The zero-order chi connectivity index (χ0) is 15.6. The summed E-state index contributed by atoms with van der Waals surface area (Å²) in [7, 11) is 0. The molecule has 0 unspecified atom stereocenters. The van der Waals surface area contributed by atoms with Crippen LogP contribution in [0.5, 0.6) is 0 Å². The van der Waals surface area contributed by atoms with Gasteiger partial charge >= 0.3 is 6.18 Å². The summed E-state index contributed by atoms with van der Waals surface area (Å²) in [6, 6.07) is 5.70. The van der Waals surface area contributed by atoms with E-state index in [0.29, 0.717) is 16.7 Å². The van der Waals surface area contributed by atoms with Crippen molar-refractivity contribution in [2.75, 3.05) is 5.32 Å². The molecule has 0 aliphatic carbocycles. The van der Waals surface area contributed by atoms with Crippen LogP contribution in [0.1, 0.15) is 23.9 Å². The van der Waals surface area contributed by atoms with Gasteiger partial charge in [-0.25, -0.2) is 0 Å². The molecule has 0 fully saturated rings. The highest BCUT2D eigenvalue weighted by Crippen LogP contribution is 2.33. The Bertz CT molecular complexity index is 635. The normalized spacial score (nSPS) is 11.7. The summed E-state index contributed by atoms with van der Waals surface area (Å²) in [5.74, 6) is 0. The monoisotopic (exact) mass is 361 g/mol. The second-order valence-electron chi connectivity index (χ2n) is 4.67. The quantitative estimate of drug-likeness (QED) is 0.861. The van der Waals surface area contributed by atoms with Gasteiger partial charge in [-0.1, -0.05) is 15.9 Å². The molecular formula is C14H15BrF3N3. The maximum absolute atomic E-state index is 12.8. The van der Waals surface area contributed by atoms with Gasteiger partial charge in [0.1, 0.15) is 0 Å². The number of nitrogens with zero attached hydrogens (tertiary/aromatic N) is 2. The molecule has 1 aromatic heterocycles. The fraction of sp³-hybridized carbons (Fsp3) is 0.357. The molecule has 0 spiro atoms. The summed E-state index contributed by atoms with van der Waals surface area (Å²) in [5.41, 5.74) is 1.56. The van der Waals surface area contributed by atoms with E-state index in [4.69, 9.17) is 0 Å². The van der Waals surface area contributed by atoms with Gasteiger partial charge in [0.15, 0.2) is 0 Å². The van der Waals surface area contributed by atoms with Crippen molar-refractivity contribution in [1.29, 1.82) is 0 Å². The second kappa shape index (κ2) is 6.09. The number of aryl methyl sites for hydroxylation is 2. The highest BCUT2D eigenvalue weighted by Gasteiger charge is 2.31. The minimum Gasteiger partial charge on any atom is -0.379 e. The molecule has 7 heteroatoms. The van der Waals surface area contributed by atoms with E-state index in [1.807, 2.05) is 24.6 Å². The molecule has 0 amide bonds. The third-order valence-electron chi connectivity index (χ3n) is 2.98. The van der Waals surface area contributed by atoms with E-state index in [1.165, 1.54) is 0 Å². The number of rotatable bonds is 4. The minimum atomic E-state index is -4.36. The molecule has 2 aromatic rings. The van der Waals surface area contributed by atoms with E-state index in [0.717, 1.165) is 30.1 Å². The first-order valence-electron chi connectivity index (χ1n) is 6.44. The number of benzene rings is 1. The predicted octanol–water partition coefficient (Wildman–Crippen LogP) is 4.60. The maximum Gasteiger partial charge on any atom is 0.416 e. The molecule has 0 saturated carbocycles. The van der Waals surface area contributed by atoms with Crippen LogP contribution in [0.4, 0.5) is 18.9 Å². The Labute approximate surface area is 129 Å². The van der Waals surface area contributed by atoms with E-state index >= 15 is 0 Å². The van der Waals surface area contributed by atoms with Gasteiger partial charge in [-0.2, -0.15) is 18.3 Å². The third-order valence-corrected chi connectivity index (χ3v) is 3.44. The number of hydrogen-bond donors (Lipinski definition) is 1. The average molecular weight is 362 g/mol. The molecule has 0 radical (unpaired) electrons. The van der Waals surface area contributed by atoms with E-state index in [9.17, 15) is 13.2 Å². The van der Waals surface area contributed by atoms with Gasteiger partial charge in [0, 0.05) is 16.7 Å². The fourth-order valence-electron chi connectivity index (χ4n) is 2.06. The first-order valence-corrected chi connectivity index (χ1v) is 7.24. The van der Waals surface area contributed by atoms with E-state index in [1.54, 1.807) is 6.07 Å². The van der Waals surface area contributed by atoms with Crippen molar-refractivity contribution in [3.63, 3.8) is 0 Å². The first-order chi connectivity index (χ1) is 9.79. The van der Waals surface area contributed by atoms with Gasteiger partial charge in [-0.05, 0) is 38.1 Å². The Balaban J connectivity index is 2.18. The van der Waals surface area contributed by atoms with E-state index < -0.39 is 11.7 Å². The average Bonchev–Trinajstić information content (AvgIpc) is 2.75. The number of anilines is 1. The zero-order valence-electron chi connectivity index (χ0n) is 11.6. The molecule has 1 heterocycles. The molecular weight excluding hydrogens is 347 g/mol. The van der Waals surface area contributed by atoms with Crippen LogP contribution in [0.15, 0.2) is 28.7 Å². The van der Waals surface area contributed by atoms with Crippen LogP contribution in [0.3, 0.4) is 0 Å². The summed E-state index contributed by atoms with van der Waals surface area (Å²) in [6.45, 7) is 4.99. The lowest BCUT2D eigenvalue weighted by atomic mass is 10.2. The SMILES string of the molecule is CCn1nc(C)cc1CNc1cc(Br)cc(C(F)(F)F)c1. The van der Waals surface area contributed by atoms with Crippen molar-refractivity contribution in [3.8, 4) is 0 Å². The zero-order valence-corrected chi connectivity index (χ0v) is 13.2. The molecule has 21 heavy (non-hydrogen) atoms. The van der Waals surface area contributed by atoms with Crippen molar-refractivity contribution < 1.29 is 13.2 Å². The number of aromatic nitrogens is 2. The maximum atomic E-state index is 12.8. The van der Waals surface area contributed by atoms with Crippen LogP contribution >= 0.6 is 15.9 Å². The first kappa shape index (κ1) is 15.9. The van der Waals surface area contributed by atoms with Crippen molar-refractivity contribution >= 4 is 21.6 Å². The van der Waals surface area contributed by atoms with Gasteiger partial charge in [0.2, 0.25) is 0 Å². The number of alkyl halides is 3. The van der Waals surface area contributed by atoms with Crippen molar-refractivity contribution in [1.82, 2.24) is 9.78 Å². The van der Waals surface area contributed by atoms with Gasteiger partial charge in [-0.3, -0.25) is 4.68 Å². The standard InChI is InChI=1S/C14H15BrF3N3/c1-3-21-13(4-9(2)20-21)8-19-12-6-10(14(16,17)18)5-11(15)7-12/h4-7,19H,3,8H2,1-2H3. The van der Waals surface area contributed by atoms with Crippen LogP contribution < -0.4 is 5.32 Å². The Hall–Kier alpha value is -1.50. The molecule has 1 aromatic carbocycles. The van der Waals surface area contributed by atoms with E-state index in [-0.39, 0.29) is 0 Å². The van der Waals surface area contributed by atoms with Crippen LogP contribution in [0, 0.1) is 6.92 Å². The summed E-state index contributed by atoms with van der Waals surface area (Å²) >= 11 is 3.11. The summed E-state index contributed by atoms with van der Waals surface area (Å²) in [4.78, 5) is 0. The Morgan fingerprint density at radius 1 is 1.24 bits per heavy atom. The van der Waals surface area contributed by atoms with Gasteiger partial charge in [-0.15, -0.1) is 0 Å². The fourth-order valence-corrected chi connectivity index (χ4v) is 2.56. The summed E-state index contributed by atoms with van der Waals surface area (Å²) in [6.07, 6.45) is -4.36. The lowest BCUT2D eigenvalue weighted by Gasteiger charge is -2.12. The molecule has 2 rings (SSSR count). The molecule has 0 atom stereocenters. The van der Waals surface area contributed by atoms with Crippen molar-refractivity contribution in [3.05, 3.63) is 45.7 Å². The third kappa shape index (κ3) is 4.00. The molecule has 3 nitrogen and oxygen atoms in total. The predicted molar refractivity (Wildman–Crippen MR) is 79.1 cm³/mol. The molecule has 0 saturated heterocycles. The van der Waals surface area contributed by atoms with Crippen molar-refractivity contribution in [2.24, 2.45) is 0 Å². The summed E-state index contributed by atoms with van der Waals surface area (Å²) in [5, 5.41) is 7.31. The van der Waals surface area contributed by atoms with E-state index in [2.05, 4.69) is 26.3 Å². The Kier molecular flexibility index (Phi) is 4.61. The second-order valence-corrected chi connectivity index (χ2v) is 5.59. The van der Waals surface area contributed by atoms with Crippen LogP contribution in [-0.4, -0.2) is 9.78 Å². The molecule has 0 aliphatic heterocycles. The molecule has 114 valence electrons. The lowest BCUT2D eigenvalue weighted by molar-refractivity contribution is -0.137. The van der Waals surface area contributed by atoms with Gasteiger partial charge in [0.05, 0.1) is 23.5 Å². The molecule has 1 N–H and O–H groups in total. The Morgan fingerprint density at radius 2 is 1.95 bits per heavy atom. The molecule has 0 bridgehead atoms. The minimum absolute atomic E-state index is 0.389.